The Bertz CT molecular complexity index is 2520. The van der Waals surface area contributed by atoms with E-state index in [9.17, 15) is 0 Å². The number of nitrogens with zero attached hydrogens (tertiary/aromatic N) is 3. The van der Waals surface area contributed by atoms with Gasteiger partial charge in [-0.3, -0.25) is 0 Å². The zero-order valence-electron chi connectivity index (χ0n) is 27.4. The van der Waals surface area contributed by atoms with Crippen LogP contribution in [0.3, 0.4) is 0 Å². The standard InChI is InChI=1S/C45H33N3Si/c1-49(2)41-26-12-11-23-37(41)38-24-14-25-40(42(38)49)45-47-43(33-20-13-19-32(29-33)30-15-5-3-6-16-30)46-44(48-45)39-28-27-34(31-17-7-4-8-18-31)35-21-9-10-22-36(35)39/h3-29H,1-2H3. The number of rotatable bonds is 5. The molecule has 8 aromatic rings. The topological polar surface area (TPSA) is 38.7 Å². The molecule has 0 radical (unpaired) electrons. The van der Waals surface area contributed by atoms with Crippen LogP contribution in [0.2, 0.25) is 13.1 Å². The maximum absolute atomic E-state index is 5.34. The Balaban J connectivity index is 1.29. The minimum atomic E-state index is -2.04. The monoisotopic (exact) mass is 643 g/mol. The summed E-state index contributed by atoms with van der Waals surface area (Å²) >= 11 is 0. The summed E-state index contributed by atoms with van der Waals surface area (Å²) in [6.07, 6.45) is 0. The molecule has 0 saturated heterocycles. The van der Waals surface area contributed by atoms with E-state index in [0.29, 0.717) is 17.5 Å². The van der Waals surface area contributed by atoms with Gasteiger partial charge in [0, 0.05) is 16.7 Å². The van der Waals surface area contributed by atoms with E-state index in [-0.39, 0.29) is 0 Å². The largest absolute Gasteiger partial charge is 0.208 e. The van der Waals surface area contributed by atoms with E-state index >= 15 is 0 Å². The van der Waals surface area contributed by atoms with Crippen molar-refractivity contribution in [1.29, 1.82) is 0 Å². The van der Waals surface area contributed by atoms with Gasteiger partial charge < -0.3 is 0 Å². The first-order valence-corrected chi connectivity index (χ1v) is 19.8. The van der Waals surface area contributed by atoms with Crippen molar-refractivity contribution in [3.8, 4) is 67.5 Å². The lowest BCUT2D eigenvalue weighted by atomic mass is 9.94. The number of benzene rings is 7. The van der Waals surface area contributed by atoms with Crippen LogP contribution in [0.15, 0.2) is 164 Å². The fourth-order valence-electron chi connectivity index (χ4n) is 7.61. The summed E-state index contributed by atoms with van der Waals surface area (Å²) < 4.78 is 0. The lowest BCUT2D eigenvalue weighted by Crippen LogP contribution is -2.50. The molecule has 1 aliphatic heterocycles. The summed E-state index contributed by atoms with van der Waals surface area (Å²) in [5, 5.41) is 5.14. The molecule has 4 heteroatoms. The lowest BCUT2D eigenvalue weighted by Gasteiger charge is -2.22. The van der Waals surface area contributed by atoms with E-state index in [1.54, 1.807) is 0 Å². The number of hydrogen-bond acceptors (Lipinski definition) is 3. The second-order valence-electron chi connectivity index (χ2n) is 13.2. The second kappa shape index (κ2) is 11.6. The Labute approximate surface area is 287 Å². The highest BCUT2D eigenvalue weighted by Crippen LogP contribution is 2.37. The van der Waals surface area contributed by atoms with Gasteiger partial charge in [-0.25, -0.2) is 15.0 Å². The molecule has 9 rings (SSSR count). The Hall–Kier alpha value is -5.97. The van der Waals surface area contributed by atoms with E-state index in [4.69, 9.17) is 15.0 Å². The Kier molecular flexibility index (Phi) is 6.92. The van der Waals surface area contributed by atoms with Crippen LogP contribution < -0.4 is 10.4 Å². The van der Waals surface area contributed by atoms with Crippen LogP contribution in [0.25, 0.3) is 78.3 Å². The van der Waals surface area contributed by atoms with Crippen molar-refractivity contribution >= 4 is 29.2 Å². The van der Waals surface area contributed by atoms with Crippen LogP contribution in [-0.2, 0) is 0 Å². The number of fused-ring (bicyclic) bond motifs is 4. The highest BCUT2D eigenvalue weighted by molar-refractivity contribution is 7.04. The molecule has 0 aliphatic carbocycles. The SMILES string of the molecule is C[Si]1(C)c2ccccc2-c2cccc(-c3nc(-c4cccc(-c5ccccc5)c4)nc(-c4ccc(-c5ccccc5)c5ccccc45)n3)c21. The van der Waals surface area contributed by atoms with Gasteiger partial charge in [0.25, 0.3) is 0 Å². The molecule has 0 saturated carbocycles. The van der Waals surface area contributed by atoms with Crippen LogP contribution in [0.5, 0.6) is 0 Å². The van der Waals surface area contributed by atoms with E-state index in [1.165, 1.54) is 38.0 Å². The van der Waals surface area contributed by atoms with Gasteiger partial charge in [0.05, 0.1) is 0 Å². The summed E-state index contributed by atoms with van der Waals surface area (Å²) in [6.45, 7) is 4.90. The molecule has 0 atom stereocenters. The molecule has 1 aliphatic rings. The molecular formula is C45H33N3Si. The normalized spacial score (nSPS) is 12.9. The highest BCUT2D eigenvalue weighted by atomic mass is 28.3. The predicted molar refractivity (Wildman–Crippen MR) is 207 cm³/mol. The first-order chi connectivity index (χ1) is 24.1. The molecule has 3 nitrogen and oxygen atoms in total. The first-order valence-electron chi connectivity index (χ1n) is 16.8. The van der Waals surface area contributed by atoms with Gasteiger partial charge in [-0.15, -0.1) is 0 Å². The third-order valence-electron chi connectivity index (χ3n) is 9.93. The zero-order valence-corrected chi connectivity index (χ0v) is 28.4. The van der Waals surface area contributed by atoms with Gasteiger partial charge in [-0.05, 0) is 66.7 Å². The molecule has 232 valence electrons. The molecule has 2 heterocycles. The van der Waals surface area contributed by atoms with Gasteiger partial charge in [0.1, 0.15) is 8.07 Å². The molecule has 0 N–H and O–H groups in total. The summed E-state index contributed by atoms with van der Waals surface area (Å²) in [7, 11) is -2.04. The van der Waals surface area contributed by atoms with Crippen molar-refractivity contribution in [2.75, 3.05) is 0 Å². The quantitative estimate of drug-likeness (QED) is 0.175. The molecule has 49 heavy (non-hydrogen) atoms. The minimum absolute atomic E-state index is 0.668. The highest BCUT2D eigenvalue weighted by Gasteiger charge is 2.39. The third-order valence-corrected chi connectivity index (χ3v) is 13.5. The van der Waals surface area contributed by atoms with Crippen molar-refractivity contribution < 1.29 is 0 Å². The van der Waals surface area contributed by atoms with Crippen LogP contribution in [-0.4, -0.2) is 23.0 Å². The van der Waals surface area contributed by atoms with Crippen molar-refractivity contribution in [3.05, 3.63) is 164 Å². The average Bonchev–Trinajstić information content (AvgIpc) is 3.41. The summed E-state index contributed by atoms with van der Waals surface area (Å²) in [5.41, 5.74) is 10.4. The fraction of sp³-hybridized carbons (Fsp3) is 0.0444. The van der Waals surface area contributed by atoms with E-state index in [1.807, 2.05) is 6.07 Å². The zero-order chi connectivity index (χ0) is 33.0. The first kappa shape index (κ1) is 29.2. The van der Waals surface area contributed by atoms with Crippen LogP contribution in [0.1, 0.15) is 0 Å². The number of hydrogen-bond donors (Lipinski definition) is 0. The van der Waals surface area contributed by atoms with Crippen molar-refractivity contribution in [2.24, 2.45) is 0 Å². The van der Waals surface area contributed by atoms with Gasteiger partial charge >= 0.3 is 0 Å². The Morgan fingerprint density at radius 3 is 1.63 bits per heavy atom. The summed E-state index contributed by atoms with van der Waals surface area (Å²) in [6, 6.07) is 58.1. The van der Waals surface area contributed by atoms with Gasteiger partial charge in [-0.1, -0.05) is 165 Å². The van der Waals surface area contributed by atoms with Crippen LogP contribution in [0.4, 0.5) is 0 Å². The molecule has 0 bridgehead atoms. The molecule has 0 amide bonds. The third kappa shape index (κ3) is 4.92. The Morgan fingerprint density at radius 1 is 0.347 bits per heavy atom. The Morgan fingerprint density at radius 2 is 0.857 bits per heavy atom. The molecule has 7 aromatic carbocycles. The summed E-state index contributed by atoms with van der Waals surface area (Å²) in [5.74, 6) is 2.06. The minimum Gasteiger partial charge on any atom is -0.208 e. The summed E-state index contributed by atoms with van der Waals surface area (Å²) in [4.78, 5) is 15.9. The maximum atomic E-state index is 5.34. The average molecular weight is 644 g/mol. The van der Waals surface area contributed by atoms with Crippen molar-refractivity contribution in [3.63, 3.8) is 0 Å². The van der Waals surface area contributed by atoms with Gasteiger partial charge in [0.15, 0.2) is 17.5 Å². The van der Waals surface area contributed by atoms with Gasteiger partial charge in [0.2, 0.25) is 0 Å². The fourth-order valence-corrected chi connectivity index (χ4v) is 11.0. The molecule has 0 fully saturated rings. The molecular weight excluding hydrogens is 611 g/mol. The lowest BCUT2D eigenvalue weighted by molar-refractivity contribution is 1.08. The van der Waals surface area contributed by atoms with Crippen molar-refractivity contribution in [1.82, 2.24) is 15.0 Å². The van der Waals surface area contributed by atoms with E-state index in [0.717, 1.165) is 33.2 Å². The van der Waals surface area contributed by atoms with E-state index in [2.05, 4.69) is 171 Å². The van der Waals surface area contributed by atoms with E-state index < -0.39 is 8.07 Å². The smallest absolute Gasteiger partial charge is 0.164 e. The maximum Gasteiger partial charge on any atom is 0.164 e. The molecule has 0 unspecified atom stereocenters. The number of aromatic nitrogens is 3. The van der Waals surface area contributed by atoms with Crippen molar-refractivity contribution in [2.45, 2.75) is 13.1 Å². The molecule has 0 spiro atoms. The predicted octanol–water partition coefficient (Wildman–Crippen LogP) is 10.2. The molecule has 1 aromatic heterocycles. The second-order valence-corrected chi connectivity index (χ2v) is 17.5. The van der Waals surface area contributed by atoms with Crippen LogP contribution >= 0.6 is 0 Å². The van der Waals surface area contributed by atoms with Gasteiger partial charge in [-0.2, -0.15) is 0 Å². The van der Waals surface area contributed by atoms with Crippen LogP contribution in [0, 0.1) is 0 Å².